The fraction of sp³-hybridized carbons (Fsp3) is 0.571. The summed E-state index contributed by atoms with van der Waals surface area (Å²) in [5, 5.41) is 2.93. The zero-order chi connectivity index (χ0) is 20.8. The van der Waals surface area contributed by atoms with Gasteiger partial charge in [0.15, 0.2) is 0 Å². The first-order chi connectivity index (χ1) is 13.7. The summed E-state index contributed by atoms with van der Waals surface area (Å²) in [4.78, 5) is 30.6. The van der Waals surface area contributed by atoms with Gasteiger partial charge in [0.1, 0.15) is 11.4 Å². The molecule has 1 aromatic heterocycles. The van der Waals surface area contributed by atoms with Crippen LogP contribution in [0.3, 0.4) is 0 Å². The Morgan fingerprint density at radius 2 is 2.03 bits per heavy atom. The van der Waals surface area contributed by atoms with Gasteiger partial charge in [-0.15, -0.1) is 0 Å². The van der Waals surface area contributed by atoms with E-state index in [-0.39, 0.29) is 29.4 Å². The summed E-state index contributed by atoms with van der Waals surface area (Å²) in [6.45, 7) is 8.29. The number of amides is 1. The Morgan fingerprint density at radius 3 is 2.72 bits per heavy atom. The van der Waals surface area contributed by atoms with Crippen molar-refractivity contribution < 1.29 is 13.9 Å². The van der Waals surface area contributed by atoms with Gasteiger partial charge in [-0.05, 0) is 45.7 Å². The molecule has 4 rings (SSSR count). The van der Waals surface area contributed by atoms with Crippen molar-refractivity contribution in [3.63, 3.8) is 0 Å². The maximum Gasteiger partial charge on any atom is 0.407 e. The van der Waals surface area contributed by atoms with Crippen LogP contribution in [-0.2, 0) is 11.3 Å². The Hall–Kier alpha value is -2.48. The van der Waals surface area contributed by atoms with E-state index in [0.29, 0.717) is 29.7 Å². The molecule has 1 N–H and O–H groups in total. The molecule has 156 valence electrons. The Labute approximate surface area is 168 Å². The van der Waals surface area contributed by atoms with Crippen LogP contribution >= 0.6 is 0 Å². The topological polar surface area (TPSA) is 76.5 Å². The van der Waals surface area contributed by atoms with E-state index in [9.17, 15) is 14.0 Å². The zero-order valence-corrected chi connectivity index (χ0v) is 17.1. The van der Waals surface area contributed by atoms with Crippen molar-refractivity contribution >= 4 is 17.1 Å². The number of nitrogens with zero attached hydrogens (tertiary/aromatic N) is 3. The van der Waals surface area contributed by atoms with Gasteiger partial charge in [-0.1, -0.05) is 0 Å². The maximum atomic E-state index is 14.6. The number of hydrogen-bond donors (Lipinski definition) is 1. The molecule has 0 bridgehead atoms. The van der Waals surface area contributed by atoms with Gasteiger partial charge < -0.3 is 19.5 Å². The highest BCUT2D eigenvalue weighted by Gasteiger charge is 2.32. The van der Waals surface area contributed by atoms with Crippen molar-refractivity contribution in [2.75, 3.05) is 19.6 Å². The molecule has 0 saturated carbocycles. The van der Waals surface area contributed by atoms with Crippen molar-refractivity contribution in [2.24, 2.45) is 0 Å². The number of benzene rings is 1. The van der Waals surface area contributed by atoms with Crippen molar-refractivity contribution in [3.05, 3.63) is 40.1 Å². The Kier molecular flexibility index (Phi) is 5.06. The maximum absolute atomic E-state index is 14.6. The predicted octanol–water partition coefficient (Wildman–Crippen LogP) is 2.62. The molecule has 1 fully saturated rings. The van der Waals surface area contributed by atoms with E-state index < -0.39 is 5.60 Å². The molecule has 8 heteroatoms. The lowest BCUT2D eigenvalue weighted by Gasteiger charge is -2.34. The molecule has 29 heavy (non-hydrogen) atoms. The molecular weight excluding hydrogens is 375 g/mol. The molecule has 0 aliphatic carbocycles. The summed E-state index contributed by atoms with van der Waals surface area (Å²) in [6, 6.07) is 3.14. The van der Waals surface area contributed by atoms with Gasteiger partial charge in [0, 0.05) is 43.7 Å². The largest absolute Gasteiger partial charge is 0.444 e. The van der Waals surface area contributed by atoms with E-state index >= 15 is 0 Å². The standard InChI is InChI=1S/C21H27FN4O3/c1-21(2,3)29-20(28)24-14-6-8-25(9-7-14)11-13-12-26-17(27)10-23-16-5-4-15(22)18(13)19(16)26/h4-5,10,13-14H,6-9,11-12H2,1-3H3,(H,24,28). The first-order valence-corrected chi connectivity index (χ1v) is 10.1. The number of halogens is 1. The Morgan fingerprint density at radius 1 is 1.31 bits per heavy atom. The second kappa shape index (κ2) is 7.40. The number of aromatic nitrogens is 2. The summed E-state index contributed by atoms with van der Waals surface area (Å²) in [6.07, 6.45) is 2.54. The molecule has 2 aliphatic rings. The molecule has 1 aromatic carbocycles. The SMILES string of the molecule is CC(C)(C)OC(=O)NC1CCN(CC2Cn3c(=O)cnc4ccc(F)c2c43)CC1. The third kappa shape index (κ3) is 4.12. The molecule has 0 radical (unpaired) electrons. The van der Waals surface area contributed by atoms with Crippen LogP contribution in [0.15, 0.2) is 23.1 Å². The van der Waals surface area contributed by atoms with Gasteiger partial charge >= 0.3 is 6.09 Å². The lowest BCUT2D eigenvalue weighted by Crippen LogP contribution is -2.46. The van der Waals surface area contributed by atoms with Crippen LogP contribution in [0.2, 0.25) is 0 Å². The van der Waals surface area contributed by atoms with Gasteiger partial charge in [0.05, 0.1) is 17.2 Å². The number of carbonyl (C=O) groups excluding carboxylic acids is 1. The number of carbonyl (C=O) groups is 1. The number of piperidine rings is 1. The molecule has 1 unspecified atom stereocenters. The number of alkyl carbamates (subject to hydrolysis) is 1. The average molecular weight is 402 g/mol. The van der Waals surface area contributed by atoms with E-state index in [1.807, 2.05) is 20.8 Å². The van der Waals surface area contributed by atoms with Crippen molar-refractivity contribution in [1.82, 2.24) is 19.8 Å². The summed E-state index contributed by atoms with van der Waals surface area (Å²) < 4.78 is 21.6. The van der Waals surface area contributed by atoms with E-state index in [2.05, 4.69) is 15.2 Å². The minimum Gasteiger partial charge on any atom is -0.444 e. The lowest BCUT2D eigenvalue weighted by atomic mass is 9.97. The lowest BCUT2D eigenvalue weighted by molar-refractivity contribution is 0.0477. The minimum atomic E-state index is -0.514. The van der Waals surface area contributed by atoms with Gasteiger partial charge in [-0.3, -0.25) is 4.79 Å². The van der Waals surface area contributed by atoms with E-state index in [1.54, 1.807) is 10.6 Å². The summed E-state index contributed by atoms with van der Waals surface area (Å²) in [7, 11) is 0. The summed E-state index contributed by atoms with van der Waals surface area (Å²) in [5.74, 6) is -0.353. The van der Waals surface area contributed by atoms with Crippen LogP contribution < -0.4 is 10.9 Å². The number of likely N-dealkylation sites (tertiary alicyclic amines) is 1. The highest BCUT2D eigenvalue weighted by atomic mass is 19.1. The quantitative estimate of drug-likeness (QED) is 0.854. The second-order valence-electron chi connectivity index (χ2n) is 8.95. The molecule has 1 atom stereocenters. The fourth-order valence-electron chi connectivity index (χ4n) is 4.34. The number of ether oxygens (including phenoxy) is 1. The van der Waals surface area contributed by atoms with E-state index in [0.717, 1.165) is 25.9 Å². The molecular formula is C21H27FN4O3. The third-order valence-corrected chi connectivity index (χ3v) is 5.59. The molecule has 7 nitrogen and oxygen atoms in total. The smallest absolute Gasteiger partial charge is 0.407 e. The van der Waals surface area contributed by atoms with Crippen LogP contribution in [0, 0.1) is 5.82 Å². The number of hydrogen-bond acceptors (Lipinski definition) is 5. The first kappa shape index (κ1) is 19.8. The van der Waals surface area contributed by atoms with Crippen LogP contribution in [-0.4, -0.2) is 51.8 Å². The molecule has 2 aromatic rings. The summed E-state index contributed by atoms with van der Waals surface area (Å²) in [5.41, 5.74) is 1.18. The van der Waals surface area contributed by atoms with Crippen molar-refractivity contribution in [2.45, 2.75) is 57.7 Å². The van der Waals surface area contributed by atoms with Gasteiger partial charge in [-0.25, -0.2) is 14.2 Å². The predicted molar refractivity (Wildman–Crippen MR) is 108 cm³/mol. The average Bonchev–Trinajstić information content (AvgIpc) is 3.01. The summed E-state index contributed by atoms with van der Waals surface area (Å²) >= 11 is 0. The molecule has 1 saturated heterocycles. The first-order valence-electron chi connectivity index (χ1n) is 10.1. The molecule has 1 amide bonds. The van der Waals surface area contributed by atoms with E-state index in [1.165, 1.54) is 12.3 Å². The van der Waals surface area contributed by atoms with Gasteiger partial charge in [0.25, 0.3) is 5.56 Å². The van der Waals surface area contributed by atoms with Crippen LogP contribution in [0.1, 0.15) is 45.1 Å². The normalized spacial score (nSPS) is 20.2. The Balaban J connectivity index is 1.39. The minimum absolute atomic E-state index is 0.0777. The number of nitrogens with one attached hydrogen (secondary N) is 1. The van der Waals surface area contributed by atoms with E-state index in [4.69, 9.17) is 4.74 Å². The highest BCUT2D eigenvalue weighted by molar-refractivity contribution is 5.80. The second-order valence-corrected chi connectivity index (χ2v) is 8.95. The van der Waals surface area contributed by atoms with Crippen LogP contribution in [0.4, 0.5) is 9.18 Å². The molecule has 0 spiro atoms. The zero-order valence-electron chi connectivity index (χ0n) is 17.1. The van der Waals surface area contributed by atoms with Crippen molar-refractivity contribution in [3.8, 4) is 0 Å². The van der Waals surface area contributed by atoms with Crippen molar-refractivity contribution in [1.29, 1.82) is 0 Å². The number of rotatable bonds is 3. The molecule has 3 heterocycles. The monoisotopic (exact) mass is 402 g/mol. The van der Waals surface area contributed by atoms with Gasteiger partial charge in [-0.2, -0.15) is 0 Å². The molecule has 2 aliphatic heterocycles. The van der Waals surface area contributed by atoms with Crippen LogP contribution in [0.5, 0.6) is 0 Å². The Bertz CT molecular complexity index is 990. The van der Waals surface area contributed by atoms with Crippen LogP contribution in [0.25, 0.3) is 11.0 Å². The third-order valence-electron chi connectivity index (χ3n) is 5.59. The van der Waals surface area contributed by atoms with Gasteiger partial charge in [0.2, 0.25) is 0 Å². The fourth-order valence-corrected chi connectivity index (χ4v) is 4.34. The highest BCUT2D eigenvalue weighted by Crippen LogP contribution is 2.34.